The van der Waals surface area contributed by atoms with Gasteiger partial charge in [-0.15, -0.1) is 10.2 Å². The smallest absolute Gasteiger partial charge is 0.218 e. The van der Waals surface area contributed by atoms with Gasteiger partial charge in [0.2, 0.25) is 5.16 Å². The summed E-state index contributed by atoms with van der Waals surface area (Å²) in [5.41, 5.74) is 1.01. The van der Waals surface area contributed by atoms with Crippen molar-refractivity contribution in [3.05, 3.63) is 29.7 Å². The van der Waals surface area contributed by atoms with E-state index in [9.17, 15) is 0 Å². The van der Waals surface area contributed by atoms with Crippen LogP contribution in [0.3, 0.4) is 0 Å². The van der Waals surface area contributed by atoms with Crippen molar-refractivity contribution in [2.75, 3.05) is 0 Å². The Morgan fingerprint density at radius 3 is 3.20 bits per heavy atom. The van der Waals surface area contributed by atoms with Crippen LogP contribution in [0.15, 0.2) is 33.6 Å². The monoisotopic (exact) mass is 217 g/mol. The number of fused-ring (bicyclic) bond motifs is 2. The lowest BCUT2D eigenvalue weighted by molar-refractivity contribution is 0.746. The van der Waals surface area contributed by atoms with Crippen LogP contribution in [0.2, 0.25) is 0 Å². The van der Waals surface area contributed by atoms with Gasteiger partial charge in [0.25, 0.3) is 0 Å². The fraction of sp³-hybridized carbons (Fsp3) is 0.111. The fourth-order valence-electron chi connectivity index (χ4n) is 1.33. The van der Waals surface area contributed by atoms with E-state index in [4.69, 9.17) is 0 Å². The first-order chi connectivity index (χ1) is 7.34. The molecule has 0 spiro atoms. The Hall–Kier alpha value is -1.69. The highest BCUT2D eigenvalue weighted by Crippen LogP contribution is 2.28. The molecule has 0 fully saturated rings. The predicted molar refractivity (Wildman–Crippen MR) is 56.1 cm³/mol. The third-order valence-electron chi connectivity index (χ3n) is 2.07. The van der Waals surface area contributed by atoms with E-state index in [1.54, 1.807) is 17.1 Å². The van der Waals surface area contributed by atoms with E-state index in [-0.39, 0.29) is 0 Å². The van der Waals surface area contributed by atoms with Gasteiger partial charge in [0.1, 0.15) is 5.03 Å². The molecule has 3 rings (SSSR count). The molecule has 15 heavy (non-hydrogen) atoms. The molecule has 0 unspecified atom stereocenters. The van der Waals surface area contributed by atoms with Crippen molar-refractivity contribution in [2.45, 2.75) is 17.1 Å². The summed E-state index contributed by atoms with van der Waals surface area (Å²) < 4.78 is 1.71. The highest BCUT2D eigenvalue weighted by Gasteiger charge is 2.15. The molecule has 1 aliphatic rings. The van der Waals surface area contributed by atoms with Crippen LogP contribution in [-0.4, -0.2) is 26.1 Å². The van der Waals surface area contributed by atoms with Crippen LogP contribution in [0, 0.1) is 6.92 Å². The zero-order valence-electron chi connectivity index (χ0n) is 7.95. The van der Waals surface area contributed by atoms with Crippen molar-refractivity contribution >= 4 is 18.0 Å². The Morgan fingerprint density at radius 2 is 2.27 bits per heavy atom. The Bertz CT molecular complexity index is 545. The van der Waals surface area contributed by atoms with E-state index in [2.05, 4.69) is 20.3 Å². The summed E-state index contributed by atoms with van der Waals surface area (Å²) in [6.45, 7) is 1.87. The number of aromatic nitrogens is 4. The summed E-state index contributed by atoms with van der Waals surface area (Å²) in [5, 5.41) is 14.0. The van der Waals surface area contributed by atoms with Crippen LogP contribution in [0.5, 0.6) is 0 Å². The molecule has 74 valence electrons. The van der Waals surface area contributed by atoms with Gasteiger partial charge in [0.15, 0.2) is 5.82 Å². The van der Waals surface area contributed by atoms with E-state index in [0.717, 1.165) is 21.6 Å². The van der Waals surface area contributed by atoms with Crippen molar-refractivity contribution in [3.8, 4) is 0 Å². The number of rotatable bonds is 0. The molecule has 0 saturated heterocycles. The van der Waals surface area contributed by atoms with Crippen LogP contribution >= 0.6 is 11.8 Å². The van der Waals surface area contributed by atoms with Gasteiger partial charge in [0.05, 0.1) is 6.21 Å². The molecule has 0 N–H and O–H groups in total. The van der Waals surface area contributed by atoms with Gasteiger partial charge in [-0.2, -0.15) is 9.78 Å². The lowest BCUT2D eigenvalue weighted by Crippen LogP contribution is -1.92. The van der Waals surface area contributed by atoms with Crippen LogP contribution in [0.4, 0.5) is 0 Å². The van der Waals surface area contributed by atoms with Gasteiger partial charge in [-0.3, -0.25) is 0 Å². The zero-order chi connectivity index (χ0) is 10.3. The minimum Gasteiger partial charge on any atom is -0.249 e. The summed E-state index contributed by atoms with van der Waals surface area (Å²) >= 11 is 1.48. The van der Waals surface area contributed by atoms with Crippen molar-refractivity contribution in [3.63, 3.8) is 0 Å². The van der Waals surface area contributed by atoms with Crippen LogP contribution in [-0.2, 0) is 0 Å². The van der Waals surface area contributed by atoms with Crippen molar-refractivity contribution < 1.29 is 0 Å². The Morgan fingerprint density at radius 1 is 1.33 bits per heavy atom. The van der Waals surface area contributed by atoms with Gasteiger partial charge in [-0.1, -0.05) is 0 Å². The molecular weight excluding hydrogens is 210 g/mol. The first-order valence-corrected chi connectivity index (χ1v) is 5.25. The highest BCUT2D eigenvalue weighted by atomic mass is 32.2. The van der Waals surface area contributed by atoms with Gasteiger partial charge in [-0.05, 0) is 30.8 Å². The second-order valence-corrected chi connectivity index (χ2v) is 4.04. The standard InChI is InChI=1S/C9H7N5S/c1-6-12-13-9-14(6)11-5-7-3-2-4-10-8(7)15-9/h2-5H,1H3. The summed E-state index contributed by atoms with van der Waals surface area (Å²) in [5.74, 6) is 0.779. The molecule has 0 radical (unpaired) electrons. The molecule has 0 saturated carbocycles. The number of aryl methyl sites for hydroxylation is 1. The summed E-state index contributed by atoms with van der Waals surface area (Å²) in [6.07, 6.45) is 3.54. The largest absolute Gasteiger partial charge is 0.249 e. The van der Waals surface area contributed by atoms with E-state index in [1.807, 2.05) is 19.1 Å². The molecule has 6 heteroatoms. The molecule has 1 aliphatic heterocycles. The van der Waals surface area contributed by atoms with Crippen LogP contribution < -0.4 is 0 Å². The van der Waals surface area contributed by atoms with Gasteiger partial charge in [0, 0.05) is 11.8 Å². The average Bonchev–Trinajstić information content (AvgIpc) is 2.51. The molecule has 0 aromatic carbocycles. The molecule has 0 aliphatic carbocycles. The highest BCUT2D eigenvalue weighted by molar-refractivity contribution is 7.99. The maximum absolute atomic E-state index is 4.29. The van der Waals surface area contributed by atoms with Crippen LogP contribution in [0.25, 0.3) is 0 Å². The maximum atomic E-state index is 4.29. The van der Waals surface area contributed by atoms with E-state index < -0.39 is 0 Å². The molecule has 5 nitrogen and oxygen atoms in total. The minimum absolute atomic E-state index is 0.751. The molecule has 0 amide bonds. The molecule has 3 heterocycles. The number of pyridine rings is 1. The normalized spacial score (nSPS) is 13.1. The number of nitrogens with zero attached hydrogens (tertiary/aromatic N) is 5. The Balaban J connectivity index is 2.20. The fourth-order valence-corrected chi connectivity index (χ4v) is 2.20. The van der Waals surface area contributed by atoms with Crippen molar-refractivity contribution in [1.82, 2.24) is 19.9 Å². The molecule has 2 aromatic rings. The van der Waals surface area contributed by atoms with Crippen LogP contribution in [0.1, 0.15) is 11.4 Å². The lowest BCUT2D eigenvalue weighted by Gasteiger charge is -1.97. The van der Waals surface area contributed by atoms with Crippen molar-refractivity contribution in [1.29, 1.82) is 0 Å². The predicted octanol–water partition coefficient (Wildman–Crippen LogP) is 1.33. The summed E-state index contributed by atoms with van der Waals surface area (Å²) in [7, 11) is 0. The molecule has 2 aromatic heterocycles. The zero-order valence-corrected chi connectivity index (χ0v) is 8.77. The first-order valence-electron chi connectivity index (χ1n) is 4.44. The number of hydrogen-bond acceptors (Lipinski definition) is 5. The molecule has 0 bridgehead atoms. The maximum Gasteiger partial charge on any atom is 0.218 e. The van der Waals surface area contributed by atoms with Gasteiger partial charge < -0.3 is 0 Å². The third-order valence-corrected chi connectivity index (χ3v) is 3.04. The third kappa shape index (κ3) is 1.33. The molecule has 0 atom stereocenters. The SMILES string of the molecule is Cc1nnc2n1N=Cc1cccnc1S2. The van der Waals surface area contributed by atoms with E-state index in [1.165, 1.54) is 11.8 Å². The first kappa shape index (κ1) is 8.60. The van der Waals surface area contributed by atoms with Gasteiger partial charge >= 0.3 is 0 Å². The second kappa shape index (κ2) is 3.16. The van der Waals surface area contributed by atoms with E-state index >= 15 is 0 Å². The summed E-state index contributed by atoms with van der Waals surface area (Å²) in [4.78, 5) is 4.28. The average molecular weight is 217 g/mol. The van der Waals surface area contributed by atoms with E-state index in [0.29, 0.717) is 0 Å². The van der Waals surface area contributed by atoms with Crippen molar-refractivity contribution in [2.24, 2.45) is 5.10 Å². The lowest BCUT2D eigenvalue weighted by atomic mass is 10.3. The number of hydrogen-bond donors (Lipinski definition) is 0. The Labute approximate surface area is 90.2 Å². The summed E-state index contributed by atoms with van der Waals surface area (Å²) in [6, 6.07) is 3.87. The Kier molecular flexibility index (Phi) is 1.81. The quantitative estimate of drug-likeness (QED) is 0.570. The topological polar surface area (TPSA) is 56.0 Å². The second-order valence-electron chi connectivity index (χ2n) is 3.09. The van der Waals surface area contributed by atoms with Gasteiger partial charge in [-0.25, -0.2) is 4.98 Å². The minimum atomic E-state index is 0.751. The molecular formula is C9H7N5S.